The minimum atomic E-state index is -0.215. The Morgan fingerprint density at radius 1 is 1.55 bits per heavy atom. The number of aliphatic hydroxyl groups is 1. The number of hydrogen-bond acceptors (Lipinski definition) is 5. The fourth-order valence-electron chi connectivity index (χ4n) is 1.87. The molecule has 1 rings (SSSR count). The van der Waals surface area contributed by atoms with Crippen LogP contribution >= 0.6 is 15.9 Å². The highest BCUT2D eigenvalue weighted by atomic mass is 79.9. The number of aliphatic hydroxyl groups excluding tert-OH is 1. The second-order valence-electron chi connectivity index (χ2n) is 5.05. The van der Waals surface area contributed by atoms with Crippen LogP contribution in [0.25, 0.3) is 0 Å². The van der Waals surface area contributed by atoms with Crippen molar-refractivity contribution in [3.63, 3.8) is 0 Å². The number of rotatable bonds is 8. The molecule has 6 nitrogen and oxygen atoms in total. The summed E-state index contributed by atoms with van der Waals surface area (Å²) >= 11 is 3.29. The molecule has 1 atom stereocenters. The molecule has 1 heterocycles. The number of nitrogens with zero attached hydrogens (tertiary/aromatic N) is 2. The second-order valence-corrected chi connectivity index (χ2v) is 5.84. The van der Waals surface area contributed by atoms with Crippen molar-refractivity contribution in [2.24, 2.45) is 5.92 Å². The van der Waals surface area contributed by atoms with Gasteiger partial charge in [-0.05, 0) is 28.3 Å². The van der Waals surface area contributed by atoms with Gasteiger partial charge in [-0.2, -0.15) is 5.10 Å². The van der Waals surface area contributed by atoms with Gasteiger partial charge in [0, 0.05) is 13.2 Å². The molecule has 0 aliphatic carbocycles. The van der Waals surface area contributed by atoms with Gasteiger partial charge < -0.3 is 15.2 Å². The van der Waals surface area contributed by atoms with E-state index in [9.17, 15) is 9.90 Å². The predicted molar refractivity (Wildman–Crippen MR) is 82.0 cm³/mol. The van der Waals surface area contributed by atoms with Crippen LogP contribution in [-0.4, -0.2) is 41.3 Å². The van der Waals surface area contributed by atoms with Crippen LogP contribution in [0.2, 0.25) is 0 Å². The molecule has 0 fully saturated rings. The smallest absolute Gasteiger partial charge is 0.283 e. The van der Waals surface area contributed by atoms with Crippen molar-refractivity contribution >= 4 is 21.6 Å². The molecule has 0 bridgehead atoms. The van der Waals surface area contributed by atoms with Crippen molar-refractivity contribution < 1.29 is 9.84 Å². The standard InChI is InChI=1S/C13H22BrN3O3/c1-9(2)6-10(8-18)16-11-7-15-17(4-5-20-3)13(19)12(11)14/h7,9-10,16,18H,4-6,8H2,1-3H3. The third-order valence-corrected chi connectivity index (χ3v) is 3.59. The lowest BCUT2D eigenvalue weighted by Gasteiger charge is -2.20. The Hall–Kier alpha value is -0.920. The zero-order valence-electron chi connectivity index (χ0n) is 12.1. The van der Waals surface area contributed by atoms with Gasteiger partial charge in [0.05, 0.1) is 31.6 Å². The summed E-state index contributed by atoms with van der Waals surface area (Å²) in [5.74, 6) is 0.452. The highest BCUT2D eigenvalue weighted by Crippen LogP contribution is 2.19. The Labute approximate surface area is 127 Å². The third-order valence-electron chi connectivity index (χ3n) is 2.83. The number of hydrogen-bond donors (Lipinski definition) is 2. The van der Waals surface area contributed by atoms with Crippen LogP contribution in [0.5, 0.6) is 0 Å². The van der Waals surface area contributed by atoms with Crippen LogP contribution in [0.4, 0.5) is 5.69 Å². The van der Waals surface area contributed by atoms with Crippen LogP contribution in [0.1, 0.15) is 20.3 Å². The molecular weight excluding hydrogens is 326 g/mol. The summed E-state index contributed by atoms with van der Waals surface area (Å²) in [5, 5.41) is 16.6. The minimum absolute atomic E-state index is 0.0113. The summed E-state index contributed by atoms with van der Waals surface area (Å²) in [6.45, 7) is 5.01. The van der Waals surface area contributed by atoms with E-state index in [-0.39, 0.29) is 18.2 Å². The van der Waals surface area contributed by atoms with E-state index in [1.165, 1.54) is 4.68 Å². The summed E-state index contributed by atoms with van der Waals surface area (Å²) < 4.78 is 6.70. The van der Waals surface area contributed by atoms with Crippen molar-refractivity contribution in [2.45, 2.75) is 32.9 Å². The maximum atomic E-state index is 12.1. The molecule has 2 N–H and O–H groups in total. The van der Waals surface area contributed by atoms with Gasteiger partial charge in [-0.1, -0.05) is 13.8 Å². The Bertz CT molecular complexity index is 476. The molecule has 0 radical (unpaired) electrons. The lowest BCUT2D eigenvalue weighted by Crippen LogP contribution is -2.30. The van der Waals surface area contributed by atoms with Crippen LogP contribution in [0, 0.1) is 5.92 Å². The van der Waals surface area contributed by atoms with Gasteiger partial charge in [0.25, 0.3) is 5.56 Å². The fourth-order valence-corrected chi connectivity index (χ4v) is 2.29. The molecule has 0 saturated heterocycles. The highest BCUT2D eigenvalue weighted by Gasteiger charge is 2.14. The van der Waals surface area contributed by atoms with E-state index in [4.69, 9.17) is 4.74 Å². The van der Waals surface area contributed by atoms with Gasteiger partial charge >= 0.3 is 0 Å². The van der Waals surface area contributed by atoms with Crippen LogP contribution in [-0.2, 0) is 11.3 Å². The average Bonchev–Trinajstić information content (AvgIpc) is 2.41. The first kappa shape index (κ1) is 17.1. The number of methoxy groups -OCH3 is 1. The molecule has 7 heteroatoms. The Morgan fingerprint density at radius 2 is 2.25 bits per heavy atom. The molecule has 20 heavy (non-hydrogen) atoms. The maximum absolute atomic E-state index is 12.1. The molecular formula is C13H22BrN3O3. The zero-order chi connectivity index (χ0) is 15.1. The SMILES string of the molecule is COCCn1ncc(NC(CO)CC(C)C)c(Br)c1=O. The lowest BCUT2D eigenvalue weighted by molar-refractivity contribution is 0.181. The largest absolute Gasteiger partial charge is 0.394 e. The molecule has 1 unspecified atom stereocenters. The van der Waals surface area contributed by atoms with Crippen LogP contribution < -0.4 is 10.9 Å². The monoisotopic (exact) mass is 347 g/mol. The summed E-state index contributed by atoms with van der Waals surface area (Å²) in [6, 6.07) is -0.0951. The number of anilines is 1. The van der Waals surface area contributed by atoms with E-state index < -0.39 is 0 Å². The fraction of sp³-hybridized carbons (Fsp3) is 0.692. The van der Waals surface area contributed by atoms with E-state index in [2.05, 4.69) is 40.2 Å². The molecule has 114 valence electrons. The molecule has 1 aromatic rings. The molecule has 0 amide bonds. The minimum Gasteiger partial charge on any atom is -0.394 e. The van der Waals surface area contributed by atoms with Gasteiger partial charge in [0.2, 0.25) is 0 Å². The predicted octanol–water partition coefficient (Wildman–Crippen LogP) is 1.47. The van der Waals surface area contributed by atoms with Crippen molar-refractivity contribution in [2.75, 3.05) is 25.6 Å². The Morgan fingerprint density at radius 3 is 2.80 bits per heavy atom. The van der Waals surface area contributed by atoms with Crippen LogP contribution in [0.3, 0.4) is 0 Å². The van der Waals surface area contributed by atoms with Gasteiger partial charge in [-0.15, -0.1) is 0 Å². The first-order chi connectivity index (χ1) is 9.49. The summed E-state index contributed by atoms with van der Waals surface area (Å²) in [7, 11) is 1.58. The van der Waals surface area contributed by atoms with Gasteiger partial charge in [0.1, 0.15) is 4.47 Å². The number of aromatic nitrogens is 2. The van der Waals surface area contributed by atoms with E-state index in [0.29, 0.717) is 29.2 Å². The lowest BCUT2D eigenvalue weighted by atomic mass is 10.0. The number of nitrogens with one attached hydrogen (secondary N) is 1. The molecule has 0 spiro atoms. The first-order valence-electron chi connectivity index (χ1n) is 6.61. The number of ether oxygens (including phenoxy) is 1. The zero-order valence-corrected chi connectivity index (χ0v) is 13.7. The van der Waals surface area contributed by atoms with E-state index >= 15 is 0 Å². The van der Waals surface area contributed by atoms with E-state index in [1.54, 1.807) is 13.3 Å². The van der Waals surface area contributed by atoms with E-state index in [1.807, 2.05) is 0 Å². The van der Waals surface area contributed by atoms with E-state index in [0.717, 1.165) is 6.42 Å². The molecule has 0 saturated carbocycles. The van der Waals surface area contributed by atoms with Crippen molar-refractivity contribution in [1.82, 2.24) is 9.78 Å². The second kappa shape index (κ2) is 8.39. The number of halogens is 1. The molecule has 0 aliphatic heterocycles. The van der Waals surface area contributed by atoms with Gasteiger partial charge in [-0.3, -0.25) is 4.79 Å². The molecule has 1 aromatic heterocycles. The van der Waals surface area contributed by atoms with Crippen molar-refractivity contribution in [1.29, 1.82) is 0 Å². The maximum Gasteiger partial charge on any atom is 0.283 e. The van der Waals surface area contributed by atoms with Gasteiger partial charge in [-0.25, -0.2) is 4.68 Å². The summed E-state index contributed by atoms with van der Waals surface area (Å²) in [4.78, 5) is 12.1. The Balaban J connectivity index is 2.86. The third kappa shape index (κ3) is 4.88. The topological polar surface area (TPSA) is 76.4 Å². The van der Waals surface area contributed by atoms with Gasteiger partial charge in [0.15, 0.2) is 0 Å². The van der Waals surface area contributed by atoms with Crippen LogP contribution in [0.15, 0.2) is 15.5 Å². The quantitative estimate of drug-likeness (QED) is 0.744. The Kier molecular flexibility index (Phi) is 7.18. The average molecular weight is 348 g/mol. The molecule has 0 aromatic carbocycles. The summed E-state index contributed by atoms with van der Waals surface area (Å²) in [5.41, 5.74) is 0.386. The first-order valence-corrected chi connectivity index (χ1v) is 7.40. The van der Waals surface area contributed by atoms with Crippen molar-refractivity contribution in [3.05, 3.63) is 21.0 Å². The molecule has 0 aliphatic rings. The van der Waals surface area contributed by atoms with Crippen molar-refractivity contribution in [3.8, 4) is 0 Å². The normalized spacial score (nSPS) is 12.7. The highest BCUT2D eigenvalue weighted by molar-refractivity contribution is 9.10. The summed E-state index contributed by atoms with van der Waals surface area (Å²) in [6.07, 6.45) is 2.40.